The summed E-state index contributed by atoms with van der Waals surface area (Å²) >= 11 is 0. The molecule has 0 aliphatic rings. The van der Waals surface area contributed by atoms with Crippen LogP contribution < -0.4 is 0 Å². The van der Waals surface area contributed by atoms with Crippen LogP contribution in [0.4, 0.5) is 0 Å². The van der Waals surface area contributed by atoms with Gasteiger partial charge in [0.05, 0.1) is 28.0 Å². The third-order valence-corrected chi connectivity index (χ3v) is 3.78. The SMILES string of the molecule is Cc1ccc(C(=O)OCc2nc3ccccc3nc2C)c(C)c1. The molecule has 0 saturated carbocycles. The Morgan fingerprint density at radius 1 is 1.00 bits per heavy atom. The van der Waals surface area contributed by atoms with Gasteiger partial charge in [-0.05, 0) is 44.5 Å². The Hall–Kier alpha value is -2.75. The van der Waals surface area contributed by atoms with Crippen molar-refractivity contribution in [1.82, 2.24) is 9.97 Å². The summed E-state index contributed by atoms with van der Waals surface area (Å²) in [6, 6.07) is 13.3. The molecule has 0 amide bonds. The van der Waals surface area contributed by atoms with E-state index in [1.54, 1.807) is 6.07 Å². The summed E-state index contributed by atoms with van der Waals surface area (Å²) in [4.78, 5) is 21.3. The van der Waals surface area contributed by atoms with Gasteiger partial charge in [-0.25, -0.2) is 14.8 Å². The molecule has 0 aliphatic carbocycles. The first-order valence-corrected chi connectivity index (χ1v) is 7.51. The maximum Gasteiger partial charge on any atom is 0.338 e. The van der Waals surface area contributed by atoms with Crippen molar-refractivity contribution >= 4 is 17.0 Å². The van der Waals surface area contributed by atoms with Crippen molar-refractivity contribution in [3.8, 4) is 0 Å². The Bertz CT molecular complexity index is 888. The summed E-state index contributed by atoms with van der Waals surface area (Å²) in [7, 11) is 0. The summed E-state index contributed by atoms with van der Waals surface area (Å²) < 4.78 is 5.42. The third-order valence-electron chi connectivity index (χ3n) is 3.78. The number of ether oxygens (including phenoxy) is 1. The van der Waals surface area contributed by atoms with Crippen molar-refractivity contribution in [2.75, 3.05) is 0 Å². The normalized spacial score (nSPS) is 10.7. The zero-order chi connectivity index (χ0) is 16.4. The van der Waals surface area contributed by atoms with Crippen LogP contribution in [-0.2, 0) is 11.3 Å². The number of nitrogens with zero attached hydrogens (tertiary/aromatic N) is 2. The van der Waals surface area contributed by atoms with Gasteiger partial charge in [0.1, 0.15) is 6.61 Å². The quantitative estimate of drug-likeness (QED) is 0.688. The van der Waals surface area contributed by atoms with Gasteiger partial charge in [-0.15, -0.1) is 0 Å². The van der Waals surface area contributed by atoms with Crippen molar-refractivity contribution in [1.29, 1.82) is 0 Å². The number of hydrogen-bond donors (Lipinski definition) is 0. The number of carbonyl (C=O) groups excluding carboxylic acids is 1. The summed E-state index contributed by atoms with van der Waals surface area (Å²) in [6.45, 7) is 5.90. The van der Waals surface area contributed by atoms with Crippen molar-refractivity contribution in [3.63, 3.8) is 0 Å². The van der Waals surface area contributed by atoms with Crippen LogP contribution in [0.5, 0.6) is 0 Å². The highest BCUT2D eigenvalue weighted by Crippen LogP contribution is 2.15. The molecule has 2 aromatic carbocycles. The Morgan fingerprint density at radius 2 is 1.70 bits per heavy atom. The van der Waals surface area contributed by atoms with Crippen LogP contribution in [0, 0.1) is 20.8 Å². The lowest BCUT2D eigenvalue weighted by Crippen LogP contribution is -2.09. The van der Waals surface area contributed by atoms with E-state index in [4.69, 9.17) is 4.74 Å². The van der Waals surface area contributed by atoms with Gasteiger partial charge in [-0.1, -0.05) is 29.8 Å². The average molecular weight is 306 g/mol. The number of aromatic nitrogens is 2. The van der Waals surface area contributed by atoms with Crippen LogP contribution in [0.3, 0.4) is 0 Å². The molecule has 23 heavy (non-hydrogen) atoms. The molecule has 4 nitrogen and oxygen atoms in total. The molecule has 0 atom stereocenters. The number of fused-ring (bicyclic) bond motifs is 1. The minimum atomic E-state index is -0.336. The van der Waals surface area contributed by atoms with Crippen LogP contribution in [0.2, 0.25) is 0 Å². The van der Waals surface area contributed by atoms with Crippen LogP contribution >= 0.6 is 0 Å². The molecular formula is C19H18N2O2. The number of hydrogen-bond acceptors (Lipinski definition) is 4. The standard InChI is InChI=1S/C19H18N2O2/c1-12-8-9-15(13(2)10-12)19(22)23-11-18-14(3)20-16-6-4-5-7-17(16)21-18/h4-10H,11H2,1-3H3. The molecular weight excluding hydrogens is 288 g/mol. The molecule has 4 heteroatoms. The van der Waals surface area contributed by atoms with Crippen LogP contribution in [0.15, 0.2) is 42.5 Å². The van der Waals surface area contributed by atoms with Gasteiger partial charge < -0.3 is 4.74 Å². The van der Waals surface area contributed by atoms with Gasteiger partial charge in [0, 0.05) is 0 Å². The fourth-order valence-electron chi connectivity index (χ4n) is 2.52. The fraction of sp³-hybridized carbons (Fsp3) is 0.211. The van der Waals surface area contributed by atoms with Crippen LogP contribution in [0.25, 0.3) is 11.0 Å². The van der Waals surface area contributed by atoms with E-state index in [0.29, 0.717) is 11.3 Å². The number of para-hydroxylation sites is 2. The van der Waals surface area contributed by atoms with Gasteiger partial charge in [0.15, 0.2) is 0 Å². The molecule has 0 fully saturated rings. The van der Waals surface area contributed by atoms with E-state index < -0.39 is 0 Å². The molecule has 1 aromatic heterocycles. The predicted octanol–water partition coefficient (Wildman–Crippen LogP) is 3.91. The van der Waals surface area contributed by atoms with Crippen LogP contribution in [-0.4, -0.2) is 15.9 Å². The molecule has 116 valence electrons. The highest BCUT2D eigenvalue weighted by atomic mass is 16.5. The minimum absolute atomic E-state index is 0.121. The maximum atomic E-state index is 12.3. The average Bonchev–Trinajstić information content (AvgIpc) is 2.52. The lowest BCUT2D eigenvalue weighted by atomic mass is 10.1. The summed E-state index contributed by atoms with van der Waals surface area (Å²) in [5.41, 5.74) is 5.72. The Labute approximate surface area is 135 Å². The molecule has 0 unspecified atom stereocenters. The molecule has 0 radical (unpaired) electrons. The summed E-state index contributed by atoms with van der Waals surface area (Å²) in [6.07, 6.45) is 0. The lowest BCUT2D eigenvalue weighted by Gasteiger charge is -2.09. The molecule has 3 aromatic rings. The van der Waals surface area contributed by atoms with E-state index in [2.05, 4.69) is 9.97 Å². The van der Waals surface area contributed by atoms with Crippen molar-refractivity contribution < 1.29 is 9.53 Å². The second-order valence-corrected chi connectivity index (χ2v) is 5.64. The second kappa shape index (κ2) is 6.16. The molecule has 0 N–H and O–H groups in total. The summed E-state index contributed by atoms with van der Waals surface area (Å²) in [5, 5.41) is 0. The van der Waals surface area contributed by atoms with Crippen molar-refractivity contribution in [2.24, 2.45) is 0 Å². The lowest BCUT2D eigenvalue weighted by molar-refractivity contribution is 0.0466. The van der Waals surface area contributed by atoms with Crippen molar-refractivity contribution in [3.05, 3.63) is 70.5 Å². The number of aryl methyl sites for hydroxylation is 3. The molecule has 0 spiro atoms. The molecule has 3 rings (SSSR count). The largest absolute Gasteiger partial charge is 0.455 e. The zero-order valence-electron chi connectivity index (χ0n) is 13.5. The summed E-state index contributed by atoms with van der Waals surface area (Å²) in [5.74, 6) is -0.336. The van der Waals surface area contributed by atoms with E-state index in [1.165, 1.54) is 0 Å². The monoisotopic (exact) mass is 306 g/mol. The Balaban J connectivity index is 1.80. The van der Waals surface area contributed by atoms with E-state index in [9.17, 15) is 4.79 Å². The number of rotatable bonds is 3. The van der Waals surface area contributed by atoms with E-state index >= 15 is 0 Å². The number of esters is 1. The van der Waals surface area contributed by atoms with E-state index in [1.807, 2.05) is 57.2 Å². The fourth-order valence-corrected chi connectivity index (χ4v) is 2.52. The zero-order valence-corrected chi connectivity index (χ0v) is 13.5. The van der Waals surface area contributed by atoms with Gasteiger partial charge in [-0.2, -0.15) is 0 Å². The highest BCUT2D eigenvalue weighted by molar-refractivity contribution is 5.91. The highest BCUT2D eigenvalue weighted by Gasteiger charge is 2.12. The molecule has 0 aliphatic heterocycles. The predicted molar refractivity (Wildman–Crippen MR) is 89.3 cm³/mol. The first-order chi connectivity index (χ1) is 11.0. The first kappa shape index (κ1) is 15.2. The van der Waals surface area contributed by atoms with Gasteiger partial charge in [0.2, 0.25) is 0 Å². The molecule has 0 saturated heterocycles. The topological polar surface area (TPSA) is 52.1 Å². The maximum absolute atomic E-state index is 12.3. The Morgan fingerprint density at radius 3 is 2.39 bits per heavy atom. The first-order valence-electron chi connectivity index (χ1n) is 7.51. The smallest absolute Gasteiger partial charge is 0.338 e. The Kier molecular flexibility index (Phi) is 4.06. The van der Waals surface area contributed by atoms with Gasteiger partial charge >= 0.3 is 5.97 Å². The number of carbonyl (C=O) groups is 1. The second-order valence-electron chi connectivity index (χ2n) is 5.64. The molecule has 1 heterocycles. The number of benzene rings is 2. The molecule has 0 bridgehead atoms. The minimum Gasteiger partial charge on any atom is -0.455 e. The third kappa shape index (κ3) is 3.21. The van der Waals surface area contributed by atoms with Crippen molar-refractivity contribution in [2.45, 2.75) is 27.4 Å². The van der Waals surface area contributed by atoms with Gasteiger partial charge in [-0.3, -0.25) is 0 Å². The van der Waals surface area contributed by atoms with Crippen LogP contribution in [0.1, 0.15) is 32.9 Å². The van der Waals surface area contributed by atoms with E-state index in [-0.39, 0.29) is 12.6 Å². The van der Waals surface area contributed by atoms with Gasteiger partial charge in [0.25, 0.3) is 0 Å². The van der Waals surface area contributed by atoms with E-state index in [0.717, 1.165) is 27.9 Å².